The van der Waals surface area contributed by atoms with Gasteiger partial charge in [-0.25, -0.2) is 4.98 Å². The lowest BCUT2D eigenvalue weighted by molar-refractivity contribution is -0.0640. The van der Waals surface area contributed by atoms with Gasteiger partial charge in [-0.1, -0.05) is 0 Å². The van der Waals surface area contributed by atoms with E-state index in [1.807, 2.05) is 6.20 Å². The van der Waals surface area contributed by atoms with Crippen LogP contribution in [0.3, 0.4) is 0 Å². The summed E-state index contributed by atoms with van der Waals surface area (Å²) in [4.78, 5) is 5.72. The maximum absolute atomic E-state index is 5.73. The SMILES string of the molecule is Cc1cnc(C(C)NC2CCOC(C)(C)C2)s1. The summed E-state index contributed by atoms with van der Waals surface area (Å²) in [5.74, 6) is 0. The van der Waals surface area contributed by atoms with Crippen molar-refractivity contribution in [2.45, 2.75) is 58.2 Å². The van der Waals surface area contributed by atoms with E-state index in [0.717, 1.165) is 19.4 Å². The van der Waals surface area contributed by atoms with Crippen molar-refractivity contribution in [2.24, 2.45) is 0 Å². The van der Waals surface area contributed by atoms with E-state index in [1.165, 1.54) is 9.88 Å². The van der Waals surface area contributed by atoms with Gasteiger partial charge in [-0.05, 0) is 40.5 Å². The van der Waals surface area contributed by atoms with Gasteiger partial charge in [-0.2, -0.15) is 0 Å². The van der Waals surface area contributed by atoms with Gasteiger partial charge in [0.25, 0.3) is 0 Å². The fraction of sp³-hybridized carbons (Fsp3) is 0.769. The molecule has 2 atom stereocenters. The number of nitrogens with zero attached hydrogens (tertiary/aromatic N) is 1. The monoisotopic (exact) mass is 254 g/mol. The van der Waals surface area contributed by atoms with E-state index in [1.54, 1.807) is 11.3 Å². The largest absolute Gasteiger partial charge is 0.375 e. The van der Waals surface area contributed by atoms with Crippen molar-refractivity contribution in [1.29, 1.82) is 0 Å². The minimum Gasteiger partial charge on any atom is -0.375 e. The highest BCUT2D eigenvalue weighted by Crippen LogP contribution is 2.26. The Hall–Kier alpha value is -0.450. The lowest BCUT2D eigenvalue weighted by Crippen LogP contribution is -2.44. The molecule has 1 N–H and O–H groups in total. The molecule has 4 heteroatoms. The molecule has 1 aliphatic heterocycles. The van der Waals surface area contributed by atoms with Crippen molar-refractivity contribution in [3.8, 4) is 0 Å². The van der Waals surface area contributed by atoms with E-state index in [0.29, 0.717) is 12.1 Å². The van der Waals surface area contributed by atoms with Gasteiger partial charge in [0.1, 0.15) is 5.01 Å². The summed E-state index contributed by atoms with van der Waals surface area (Å²) >= 11 is 1.78. The molecule has 0 radical (unpaired) electrons. The van der Waals surface area contributed by atoms with Crippen LogP contribution in [0, 0.1) is 6.92 Å². The fourth-order valence-corrected chi connectivity index (χ4v) is 3.16. The molecule has 0 aliphatic carbocycles. The molecule has 0 bridgehead atoms. The third-order valence-electron chi connectivity index (χ3n) is 3.19. The van der Waals surface area contributed by atoms with Gasteiger partial charge < -0.3 is 10.1 Å². The molecule has 1 aromatic rings. The van der Waals surface area contributed by atoms with E-state index < -0.39 is 0 Å². The van der Waals surface area contributed by atoms with Crippen LogP contribution >= 0.6 is 11.3 Å². The normalized spacial score (nSPS) is 25.8. The smallest absolute Gasteiger partial charge is 0.109 e. The van der Waals surface area contributed by atoms with E-state index in [9.17, 15) is 0 Å². The molecule has 2 rings (SSSR count). The van der Waals surface area contributed by atoms with Gasteiger partial charge in [0.15, 0.2) is 0 Å². The highest BCUT2D eigenvalue weighted by Gasteiger charge is 2.29. The van der Waals surface area contributed by atoms with E-state index in [4.69, 9.17) is 4.74 Å². The van der Waals surface area contributed by atoms with Crippen LogP contribution in [0.15, 0.2) is 6.20 Å². The zero-order valence-corrected chi connectivity index (χ0v) is 11.9. The Morgan fingerprint density at radius 2 is 2.35 bits per heavy atom. The molecule has 2 heterocycles. The first-order valence-electron chi connectivity index (χ1n) is 6.28. The Morgan fingerprint density at radius 3 is 2.94 bits per heavy atom. The first kappa shape index (κ1) is 13.0. The second-order valence-electron chi connectivity index (χ2n) is 5.50. The quantitative estimate of drug-likeness (QED) is 0.900. The topological polar surface area (TPSA) is 34.2 Å². The van der Waals surface area contributed by atoms with Crippen molar-refractivity contribution in [2.75, 3.05) is 6.61 Å². The highest BCUT2D eigenvalue weighted by molar-refractivity contribution is 7.11. The van der Waals surface area contributed by atoms with Crippen molar-refractivity contribution in [1.82, 2.24) is 10.3 Å². The lowest BCUT2D eigenvalue weighted by Gasteiger charge is -2.37. The summed E-state index contributed by atoms with van der Waals surface area (Å²) in [6, 6.07) is 0.880. The van der Waals surface area contributed by atoms with Gasteiger partial charge in [0, 0.05) is 23.7 Å². The Bertz CT molecular complexity index is 375. The summed E-state index contributed by atoms with van der Waals surface area (Å²) in [5, 5.41) is 4.86. The molecule has 0 spiro atoms. The van der Waals surface area contributed by atoms with Crippen LogP contribution in [0.1, 0.15) is 49.5 Å². The first-order chi connectivity index (χ1) is 7.96. The van der Waals surface area contributed by atoms with Crippen LogP contribution in [-0.4, -0.2) is 23.2 Å². The van der Waals surface area contributed by atoms with Gasteiger partial charge in [-0.15, -0.1) is 11.3 Å². The van der Waals surface area contributed by atoms with Crippen LogP contribution in [0.2, 0.25) is 0 Å². The molecule has 0 aromatic carbocycles. The fourth-order valence-electron chi connectivity index (χ4n) is 2.37. The Kier molecular flexibility index (Phi) is 3.85. The van der Waals surface area contributed by atoms with Crippen molar-refractivity contribution < 1.29 is 4.74 Å². The number of ether oxygens (including phenoxy) is 1. The summed E-state index contributed by atoms with van der Waals surface area (Å²) in [6.07, 6.45) is 4.12. The predicted octanol–water partition coefficient (Wildman–Crippen LogP) is 3.06. The zero-order valence-electron chi connectivity index (χ0n) is 11.1. The van der Waals surface area contributed by atoms with E-state index in [2.05, 4.69) is 38.0 Å². The van der Waals surface area contributed by atoms with Crippen LogP contribution in [0.5, 0.6) is 0 Å². The second kappa shape index (κ2) is 5.04. The van der Waals surface area contributed by atoms with Gasteiger partial charge in [-0.3, -0.25) is 0 Å². The Labute approximate surface area is 108 Å². The number of aromatic nitrogens is 1. The van der Waals surface area contributed by atoms with Crippen LogP contribution in [0.25, 0.3) is 0 Å². The van der Waals surface area contributed by atoms with Crippen molar-refractivity contribution >= 4 is 11.3 Å². The van der Waals surface area contributed by atoms with E-state index >= 15 is 0 Å². The maximum Gasteiger partial charge on any atom is 0.109 e. The van der Waals surface area contributed by atoms with Crippen LogP contribution < -0.4 is 5.32 Å². The molecular weight excluding hydrogens is 232 g/mol. The minimum absolute atomic E-state index is 0.00836. The molecule has 3 nitrogen and oxygen atoms in total. The first-order valence-corrected chi connectivity index (χ1v) is 7.10. The average Bonchev–Trinajstić information content (AvgIpc) is 2.63. The number of aryl methyl sites for hydroxylation is 1. The molecule has 1 aromatic heterocycles. The zero-order chi connectivity index (χ0) is 12.5. The van der Waals surface area contributed by atoms with Gasteiger partial charge in [0.2, 0.25) is 0 Å². The summed E-state index contributed by atoms with van der Waals surface area (Å²) in [6.45, 7) is 9.48. The Balaban J connectivity index is 1.92. The molecular formula is C13H22N2OS. The van der Waals surface area contributed by atoms with E-state index in [-0.39, 0.29) is 5.60 Å². The summed E-state index contributed by atoms with van der Waals surface area (Å²) < 4.78 is 5.73. The lowest BCUT2D eigenvalue weighted by atomic mass is 9.93. The minimum atomic E-state index is 0.00836. The van der Waals surface area contributed by atoms with Crippen molar-refractivity contribution in [3.63, 3.8) is 0 Å². The van der Waals surface area contributed by atoms with Crippen LogP contribution in [0.4, 0.5) is 0 Å². The second-order valence-corrected chi connectivity index (χ2v) is 6.76. The number of rotatable bonds is 3. The number of nitrogens with one attached hydrogen (secondary N) is 1. The summed E-state index contributed by atoms with van der Waals surface area (Å²) in [5.41, 5.74) is 0.00836. The number of hydrogen-bond acceptors (Lipinski definition) is 4. The van der Waals surface area contributed by atoms with Gasteiger partial charge >= 0.3 is 0 Å². The number of hydrogen-bond donors (Lipinski definition) is 1. The average molecular weight is 254 g/mol. The summed E-state index contributed by atoms with van der Waals surface area (Å²) in [7, 11) is 0. The molecule has 0 saturated carbocycles. The molecule has 17 heavy (non-hydrogen) atoms. The molecule has 0 amide bonds. The van der Waals surface area contributed by atoms with Crippen molar-refractivity contribution in [3.05, 3.63) is 16.1 Å². The standard InChI is InChI=1S/C13H22N2OS/c1-9-8-14-12(17-9)10(2)15-11-5-6-16-13(3,4)7-11/h8,10-11,15H,5-7H2,1-4H3. The third kappa shape index (κ3) is 3.50. The maximum atomic E-state index is 5.73. The molecule has 1 aliphatic rings. The Morgan fingerprint density at radius 1 is 1.59 bits per heavy atom. The van der Waals surface area contributed by atoms with Crippen LogP contribution in [-0.2, 0) is 4.74 Å². The predicted molar refractivity (Wildman–Crippen MR) is 71.5 cm³/mol. The number of thiazole rings is 1. The molecule has 96 valence electrons. The van der Waals surface area contributed by atoms with Gasteiger partial charge in [0.05, 0.1) is 11.6 Å². The molecule has 1 fully saturated rings. The highest BCUT2D eigenvalue weighted by atomic mass is 32.1. The third-order valence-corrected chi connectivity index (χ3v) is 4.29. The molecule has 1 saturated heterocycles. The molecule has 2 unspecified atom stereocenters.